The highest BCUT2D eigenvalue weighted by molar-refractivity contribution is 9.10. The number of hydrogen-bond donors (Lipinski definition) is 1. The van der Waals surface area contributed by atoms with Gasteiger partial charge >= 0.3 is 0 Å². The van der Waals surface area contributed by atoms with E-state index in [1.165, 1.54) is 37.6 Å². The van der Waals surface area contributed by atoms with E-state index in [0.29, 0.717) is 36.6 Å². The number of nitrogens with one attached hydrogen (secondary N) is 1. The number of rotatable bonds is 8. The molecule has 1 N–H and O–H groups in total. The van der Waals surface area contributed by atoms with Crippen LogP contribution in [0.1, 0.15) is 11.1 Å². The summed E-state index contributed by atoms with van der Waals surface area (Å²) in [6.07, 6.45) is 1.35. The second-order valence-electron chi connectivity index (χ2n) is 6.38. The SMILES string of the molecule is COc1cc(/C=N\NS(=O)(=O)c2ccc(Cl)cc2)cc(Br)c1OCc1ccc(Cl)c(Cl)c1. The van der Waals surface area contributed by atoms with Gasteiger partial charge in [0.2, 0.25) is 0 Å². The maximum atomic E-state index is 12.3. The number of hydrogen-bond acceptors (Lipinski definition) is 5. The minimum absolute atomic E-state index is 0.0452. The van der Waals surface area contributed by atoms with Gasteiger partial charge in [-0.3, -0.25) is 0 Å². The molecule has 0 aliphatic heterocycles. The molecule has 0 bridgehead atoms. The molecule has 3 aromatic carbocycles. The molecule has 0 unspecified atom stereocenters. The van der Waals surface area contributed by atoms with Gasteiger partial charge in [0.1, 0.15) is 6.61 Å². The van der Waals surface area contributed by atoms with Crippen molar-refractivity contribution >= 4 is 67.0 Å². The maximum Gasteiger partial charge on any atom is 0.276 e. The van der Waals surface area contributed by atoms with E-state index in [1.54, 1.807) is 24.3 Å². The van der Waals surface area contributed by atoms with Crippen LogP contribution in [0.15, 0.2) is 69.1 Å². The second kappa shape index (κ2) is 10.8. The molecule has 0 atom stereocenters. The molecule has 6 nitrogen and oxygen atoms in total. The lowest BCUT2D eigenvalue weighted by Gasteiger charge is -2.14. The van der Waals surface area contributed by atoms with E-state index in [0.717, 1.165) is 5.56 Å². The van der Waals surface area contributed by atoms with Crippen LogP contribution < -0.4 is 14.3 Å². The monoisotopic (exact) mass is 576 g/mol. The van der Waals surface area contributed by atoms with Crippen molar-refractivity contribution in [1.29, 1.82) is 0 Å². The Kier molecular flexibility index (Phi) is 8.30. The van der Waals surface area contributed by atoms with E-state index in [-0.39, 0.29) is 11.5 Å². The van der Waals surface area contributed by atoms with Crippen molar-refractivity contribution in [3.63, 3.8) is 0 Å². The Bertz CT molecular complexity index is 1250. The molecule has 0 radical (unpaired) electrons. The number of halogens is 4. The Morgan fingerprint density at radius 2 is 1.75 bits per heavy atom. The van der Waals surface area contributed by atoms with Crippen LogP contribution in [0, 0.1) is 0 Å². The number of methoxy groups -OCH3 is 1. The van der Waals surface area contributed by atoms with Gasteiger partial charge < -0.3 is 9.47 Å². The molecule has 0 aromatic heterocycles. The standard InChI is InChI=1S/C21H16BrCl3N2O4S/c1-30-20-10-14(11-26-27-32(28,29)16-5-3-15(23)4-6-16)8-17(22)21(20)31-12-13-2-7-18(24)19(25)9-13/h2-11,27H,12H2,1H3/b26-11-. The Morgan fingerprint density at radius 1 is 1.03 bits per heavy atom. The molecule has 0 saturated carbocycles. The average Bonchev–Trinajstić information content (AvgIpc) is 2.75. The highest BCUT2D eigenvalue weighted by Crippen LogP contribution is 2.37. The third kappa shape index (κ3) is 6.30. The van der Waals surface area contributed by atoms with E-state index < -0.39 is 10.0 Å². The van der Waals surface area contributed by atoms with Crippen molar-refractivity contribution in [1.82, 2.24) is 4.83 Å². The van der Waals surface area contributed by atoms with Gasteiger partial charge in [0.05, 0.1) is 32.7 Å². The van der Waals surface area contributed by atoms with E-state index in [2.05, 4.69) is 25.9 Å². The molecule has 32 heavy (non-hydrogen) atoms. The number of hydrazone groups is 1. The summed E-state index contributed by atoms with van der Waals surface area (Å²) in [6.45, 7) is 0.236. The van der Waals surface area contributed by atoms with Gasteiger partial charge in [-0.15, -0.1) is 0 Å². The fraction of sp³-hybridized carbons (Fsp3) is 0.0952. The molecule has 0 saturated heterocycles. The third-order valence-electron chi connectivity index (χ3n) is 4.13. The largest absolute Gasteiger partial charge is 0.493 e. The first-order chi connectivity index (χ1) is 15.2. The summed E-state index contributed by atoms with van der Waals surface area (Å²) < 4.78 is 36.5. The van der Waals surface area contributed by atoms with Crippen molar-refractivity contribution in [2.24, 2.45) is 5.10 Å². The summed E-state index contributed by atoms with van der Waals surface area (Å²) in [6, 6.07) is 14.3. The third-order valence-corrected chi connectivity index (χ3v) is 6.95. The lowest BCUT2D eigenvalue weighted by atomic mass is 10.2. The molecule has 168 valence electrons. The van der Waals surface area contributed by atoms with Crippen molar-refractivity contribution in [3.8, 4) is 11.5 Å². The maximum absolute atomic E-state index is 12.3. The first-order valence-electron chi connectivity index (χ1n) is 8.94. The van der Waals surface area contributed by atoms with Crippen LogP contribution in [-0.2, 0) is 16.6 Å². The Hall–Kier alpha value is -1.97. The summed E-state index contributed by atoms with van der Waals surface area (Å²) in [5, 5.41) is 5.16. The summed E-state index contributed by atoms with van der Waals surface area (Å²) in [5.41, 5.74) is 1.41. The van der Waals surface area contributed by atoms with Gasteiger partial charge in [-0.1, -0.05) is 40.9 Å². The van der Waals surface area contributed by atoms with Gasteiger partial charge in [-0.05, 0) is 75.6 Å². The normalized spacial score (nSPS) is 11.5. The summed E-state index contributed by atoms with van der Waals surface area (Å²) in [5.74, 6) is 0.902. The van der Waals surface area contributed by atoms with E-state index in [1.807, 2.05) is 6.07 Å². The molecule has 0 heterocycles. The summed E-state index contributed by atoms with van der Waals surface area (Å²) in [4.78, 5) is 2.20. The molecule has 11 heteroatoms. The van der Waals surface area contributed by atoms with Crippen LogP contribution in [0.25, 0.3) is 0 Å². The Balaban J connectivity index is 1.73. The zero-order valence-corrected chi connectivity index (χ0v) is 21.2. The Labute approximate surface area is 209 Å². The number of nitrogens with zero attached hydrogens (tertiary/aromatic N) is 1. The first kappa shape index (κ1) is 24.7. The predicted molar refractivity (Wildman–Crippen MR) is 131 cm³/mol. The molecule has 0 amide bonds. The summed E-state index contributed by atoms with van der Waals surface area (Å²) in [7, 11) is -2.32. The molecular weight excluding hydrogens is 563 g/mol. The molecule has 0 spiro atoms. The topological polar surface area (TPSA) is 77.0 Å². The smallest absolute Gasteiger partial charge is 0.276 e. The van der Waals surface area contributed by atoms with E-state index >= 15 is 0 Å². The minimum atomic E-state index is -3.82. The molecule has 0 fully saturated rings. The van der Waals surface area contributed by atoms with Crippen LogP contribution in [0.3, 0.4) is 0 Å². The van der Waals surface area contributed by atoms with Crippen molar-refractivity contribution < 1.29 is 17.9 Å². The number of benzene rings is 3. The molecule has 0 aliphatic rings. The molecule has 0 aliphatic carbocycles. The summed E-state index contributed by atoms with van der Waals surface area (Å²) >= 11 is 21.2. The van der Waals surface area contributed by atoms with Crippen LogP contribution in [0.4, 0.5) is 0 Å². The molecular formula is C21H16BrCl3N2O4S. The first-order valence-corrected chi connectivity index (χ1v) is 12.4. The van der Waals surface area contributed by atoms with Gasteiger partial charge in [0, 0.05) is 5.02 Å². The van der Waals surface area contributed by atoms with Gasteiger partial charge in [-0.2, -0.15) is 13.5 Å². The fourth-order valence-corrected chi connectivity index (χ4v) is 4.39. The predicted octanol–water partition coefficient (Wildman–Crippen LogP) is 6.31. The van der Waals surface area contributed by atoms with Crippen molar-refractivity contribution in [2.75, 3.05) is 7.11 Å². The lowest BCUT2D eigenvalue weighted by molar-refractivity contribution is 0.282. The van der Waals surface area contributed by atoms with Gasteiger partial charge in [0.25, 0.3) is 10.0 Å². The number of sulfonamides is 1. The van der Waals surface area contributed by atoms with Crippen LogP contribution in [-0.4, -0.2) is 21.7 Å². The van der Waals surface area contributed by atoms with Crippen molar-refractivity contribution in [3.05, 3.63) is 85.3 Å². The van der Waals surface area contributed by atoms with Crippen LogP contribution >= 0.6 is 50.7 Å². The lowest BCUT2D eigenvalue weighted by Crippen LogP contribution is -2.18. The van der Waals surface area contributed by atoms with Gasteiger partial charge in [-0.25, -0.2) is 4.83 Å². The zero-order chi connectivity index (χ0) is 23.3. The average molecular weight is 579 g/mol. The molecule has 3 rings (SSSR count). The van der Waals surface area contributed by atoms with E-state index in [4.69, 9.17) is 44.3 Å². The second-order valence-corrected chi connectivity index (χ2v) is 10.1. The minimum Gasteiger partial charge on any atom is -0.493 e. The van der Waals surface area contributed by atoms with Crippen molar-refractivity contribution in [2.45, 2.75) is 11.5 Å². The highest BCUT2D eigenvalue weighted by Gasteiger charge is 2.14. The Morgan fingerprint density at radius 3 is 2.41 bits per heavy atom. The van der Waals surface area contributed by atoms with Crippen LogP contribution in [0.2, 0.25) is 15.1 Å². The zero-order valence-electron chi connectivity index (χ0n) is 16.5. The quantitative estimate of drug-likeness (QED) is 0.251. The molecule has 3 aromatic rings. The number of ether oxygens (including phenoxy) is 2. The fourth-order valence-electron chi connectivity index (χ4n) is 2.58. The van der Waals surface area contributed by atoms with Gasteiger partial charge in [0.15, 0.2) is 11.5 Å². The van der Waals surface area contributed by atoms with Crippen LogP contribution in [0.5, 0.6) is 11.5 Å². The highest BCUT2D eigenvalue weighted by atomic mass is 79.9. The van der Waals surface area contributed by atoms with E-state index in [9.17, 15) is 8.42 Å².